The second-order valence-corrected chi connectivity index (χ2v) is 8.11. The van der Waals surface area contributed by atoms with Gasteiger partial charge in [0.1, 0.15) is 17.9 Å². The van der Waals surface area contributed by atoms with Crippen LogP contribution in [0.2, 0.25) is 5.02 Å². The summed E-state index contributed by atoms with van der Waals surface area (Å²) in [6, 6.07) is 7.62. The number of carbonyl (C=O) groups is 1. The van der Waals surface area contributed by atoms with Crippen LogP contribution < -0.4 is 9.64 Å². The molecule has 1 saturated carbocycles. The van der Waals surface area contributed by atoms with Gasteiger partial charge in [0.25, 0.3) is 0 Å². The zero-order chi connectivity index (χ0) is 19.7. The van der Waals surface area contributed by atoms with Crippen LogP contribution in [0.5, 0.6) is 11.6 Å². The van der Waals surface area contributed by atoms with Crippen LogP contribution in [0.15, 0.2) is 30.6 Å². The fraction of sp³-hybridized carbons (Fsp3) is 0.476. The van der Waals surface area contributed by atoms with Crippen LogP contribution in [0, 0.1) is 12.8 Å². The first-order chi connectivity index (χ1) is 13.5. The molecule has 0 N–H and O–H groups in total. The predicted octanol–water partition coefficient (Wildman–Crippen LogP) is 4.07. The second-order valence-electron chi connectivity index (χ2n) is 7.70. The molecule has 0 radical (unpaired) electrons. The Bertz CT molecular complexity index is 871. The Kier molecular flexibility index (Phi) is 5.40. The van der Waals surface area contributed by atoms with Gasteiger partial charge in [-0.3, -0.25) is 4.79 Å². The molecule has 28 heavy (non-hydrogen) atoms. The maximum atomic E-state index is 12.6. The van der Waals surface area contributed by atoms with Crippen LogP contribution in [0.3, 0.4) is 0 Å². The van der Waals surface area contributed by atoms with Crippen molar-refractivity contribution < 1.29 is 9.53 Å². The first-order valence-corrected chi connectivity index (χ1v) is 10.2. The molecule has 1 aliphatic carbocycles. The molecule has 1 aliphatic heterocycles. The standard InChI is InChI=1S/C21H25ClN4O2/c1-14-6-7-17(22)18(10-14)28-20-11-19(23-13-24-20)25-8-9-26(15(2)12-25)21(27)16-4-3-5-16/h6-7,10-11,13,15-16H,3-5,8-9,12H2,1-2H3/t15-/m1/s1. The lowest BCUT2D eigenvalue weighted by Crippen LogP contribution is -2.56. The van der Waals surface area contributed by atoms with E-state index >= 15 is 0 Å². The first-order valence-electron chi connectivity index (χ1n) is 9.83. The van der Waals surface area contributed by atoms with Crippen molar-refractivity contribution in [2.45, 2.75) is 39.2 Å². The first kappa shape index (κ1) is 19.0. The minimum absolute atomic E-state index is 0.160. The average Bonchev–Trinajstić information content (AvgIpc) is 2.63. The zero-order valence-electron chi connectivity index (χ0n) is 16.3. The van der Waals surface area contributed by atoms with Crippen LogP contribution in [-0.4, -0.2) is 46.5 Å². The van der Waals surface area contributed by atoms with Crippen LogP contribution in [0.4, 0.5) is 5.82 Å². The van der Waals surface area contributed by atoms with Crippen molar-refractivity contribution in [3.63, 3.8) is 0 Å². The molecule has 2 aromatic rings. The van der Waals surface area contributed by atoms with E-state index in [4.69, 9.17) is 16.3 Å². The Balaban J connectivity index is 1.44. The van der Waals surface area contributed by atoms with Gasteiger partial charge in [-0.2, -0.15) is 0 Å². The van der Waals surface area contributed by atoms with Gasteiger partial charge in [-0.05, 0) is 44.4 Å². The normalized spacial score (nSPS) is 20.0. The number of hydrogen-bond donors (Lipinski definition) is 0. The van der Waals surface area contributed by atoms with Crippen LogP contribution >= 0.6 is 11.6 Å². The Morgan fingerprint density at radius 2 is 2.04 bits per heavy atom. The Hall–Kier alpha value is -2.34. The van der Waals surface area contributed by atoms with Gasteiger partial charge in [0, 0.05) is 37.7 Å². The fourth-order valence-corrected chi connectivity index (χ4v) is 3.90. The van der Waals surface area contributed by atoms with E-state index in [9.17, 15) is 4.79 Å². The van der Waals surface area contributed by atoms with Crippen molar-refractivity contribution >= 4 is 23.3 Å². The minimum atomic E-state index is 0.160. The lowest BCUT2D eigenvalue weighted by molar-refractivity contribution is -0.140. The molecule has 2 fully saturated rings. The number of anilines is 1. The Labute approximate surface area is 170 Å². The van der Waals surface area contributed by atoms with Gasteiger partial charge in [0.2, 0.25) is 11.8 Å². The monoisotopic (exact) mass is 400 g/mol. The molecule has 148 valence electrons. The highest BCUT2D eigenvalue weighted by atomic mass is 35.5. The molecule has 1 amide bonds. The van der Waals surface area contributed by atoms with Crippen molar-refractivity contribution in [1.29, 1.82) is 0 Å². The van der Waals surface area contributed by atoms with Crippen molar-refractivity contribution in [1.82, 2.24) is 14.9 Å². The topological polar surface area (TPSA) is 58.6 Å². The molecular weight excluding hydrogens is 376 g/mol. The molecule has 4 rings (SSSR count). The van der Waals surface area contributed by atoms with E-state index < -0.39 is 0 Å². The molecule has 2 aliphatic rings. The molecule has 0 spiro atoms. The van der Waals surface area contributed by atoms with Crippen molar-refractivity contribution in [3.05, 3.63) is 41.2 Å². The molecule has 0 unspecified atom stereocenters. The van der Waals surface area contributed by atoms with Gasteiger partial charge >= 0.3 is 0 Å². The van der Waals surface area contributed by atoms with Gasteiger partial charge in [-0.15, -0.1) is 0 Å². The molecule has 1 atom stereocenters. The third-order valence-corrected chi connectivity index (χ3v) is 5.93. The van der Waals surface area contributed by atoms with Crippen LogP contribution in [0.1, 0.15) is 31.7 Å². The van der Waals surface area contributed by atoms with Gasteiger partial charge in [-0.1, -0.05) is 24.1 Å². The quantitative estimate of drug-likeness (QED) is 0.774. The van der Waals surface area contributed by atoms with E-state index in [2.05, 4.69) is 21.8 Å². The average molecular weight is 401 g/mol. The summed E-state index contributed by atoms with van der Waals surface area (Å²) < 4.78 is 5.89. The summed E-state index contributed by atoms with van der Waals surface area (Å²) in [4.78, 5) is 25.4. The summed E-state index contributed by atoms with van der Waals surface area (Å²) in [5, 5.41) is 0.544. The number of hydrogen-bond acceptors (Lipinski definition) is 5. The number of aromatic nitrogens is 2. The zero-order valence-corrected chi connectivity index (χ0v) is 17.0. The molecule has 6 nitrogen and oxygen atoms in total. The number of halogens is 1. The van der Waals surface area contributed by atoms with E-state index in [1.165, 1.54) is 12.7 Å². The summed E-state index contributed by atoms with van der Waals surface area (Å²) in [7, 11) is 0. The molecule has 1 saturated heterocycles. The lowest BCUT2D eigenvalue weighted by Gasteiger charge is -2.43. The molecule has 2 heterocycles. The van der Waals surface area contributed by atoms with Crippen LogP contribution in [0.25, 0.3) is 0 Å². The van der Waals surface area contributed by atoms with E-state index in [0.29, 0.717) is 22.6 Å². The maximum Gasteiger partial charge on any atom is 0.226 e. The summed E-state index contributed by atoms with van der Waals surface area (Å²) in [6.45, 7) is 6.32. The number of benzene rings is 1. The Morgan fingerprint density at radius 1 is 1.21 bits per heavy atom. The van der Waals surface area contributed by atoms with E-state index in [1.807, 2.05) is 36.1 Å². The number of piperazine rings is 1. The number of amides is 1. The predicted molar refractivity (Wildman–Crippen MR) is 109 cm³/mol. The fourth-order valence-electron chi connectivity index (χ4n) is 3.74. The SMILES string of the molecule is Cc1ccc(Cl)c(Oc2cc(N3CCN(C(=O)C4CCC4)[C@H](C)C3)ncn2)c1. The largest absolute Gasteiger partial charge is 0.437 e. The van der Waals surface area contributed by atoms with E-state index in [-0.39, 0.29) is 12.0 Å². The number of carbonyl (C=O) groups excluding carboxylic acids is 1. The van der Waals surface area contributed by atoms with Gasteiger partial charge in [0.05, 0.1) is 5.02 Å². The smallest absolute Gasteiger partial charge is 0.226 e. The van der Waals surface area contributed by atoms with E-state index in [1.54, 1.807) is 0 Å². The maximum absolute atomic E-state index is 12.6. The molecule has 7 heteroatoms. The minimum Gasteiger partial charge on any atom is -0.437 e. The van der Waals surface area contributed by atoms with Crippen molar-refractivity contribution in [3.8, 4) is 11.6 Å². The molecule has 1 aromatic carbocycles. The second kappa shape index (κ2) is 7.95. The number of ether oxygens (including phenoxy) is 1. The highest BCUT2D eigenvalue weighted by Gasteiger charge is 2.34. The summed E-state index contributed by atoms with van der Waals surface area (Å²) in [5.41, 5.74) is 1.06. The third kappa shape index (κ3) is 3.92. The summed E-state index contributed by atoms with van der Waals surface area (Å²) in [5.74, 6) is 2.40. The van der Waals surface area contributed by atoms with Gasteiger partial charge in [-0.25, -0.2) is 9.97 Å². The van der Waals surface area contributed by atoms with E-state index in [0.717, 1.165) is 43.9 Å². The molecule has 0 bridgehead atoms. The third-order valence-electron chi connectivity index (χ3n) is 5.62. The summed E-state index contributed by atoms with van der Waals surface area (Å²) in [6.07, 6.45) is 4.77. The Morgan fingerprint density at radius 3 is 2.75 bits per heavy atom. The molecule has 1 aromatic heterocycles. The number of nitrogens with zero attached hydrogens (tertiary/aromatic N) is 4. The van der Waals surface area contributed by atoms with Crippen molar-refractivity contribution in [2.75, 3.05) is 24.5 Å². The highest BCUT2D eigenvalue weighted by Crippen LogP contribution is 2.32. The lowest BCUT2D eigenvalue weighted by atomic mass is 9.84. The number of aryl methyl sites for hydroxylation is 1. The highest BCUT2D eigenvalue weighted by molar-refractivity contribution is 6.32. The van der Waals surface area contributed by atoms with Gasteiger partial charge in [0.15, 0.2) is 0 Å². The van der Waals surface area contributed by atoms with Crippen LogP contribution in [-0.2, 0) is 4.79 Å². The van der Waals surface area contributed by atoms with Crippen molar-refractivity contribution in [2.24, 2.45) is 5.92 Å². The molecular formula is C21H25ClN4O2. The van der Waals surface area contributed by atoms with Gasteiger partial charge < -0.3 is 14.5 Å². The summed E-state index contributed by atoms with van der Waals surface area (Å²) >= 11 is 6.23. The number of rotatable bonds is 4.